The molecule has 0 spiro atoms. The van der Waals surface area contributed by atoms with Crippen LogP contribution in [0.15, 0.2) is 28.3 Å². The fourth-order valence-electron chi connectivity index (χ4n) is 1.70. The van der Waals surface area contributed by atoms with E-state index >= 15 is 0 Å². The van der Waals surface area contributed by atoms with E-state index in [0.717, 1.165) is 12.2 Å². The van der Waals surface area contributed by atoms with Crippen molar-refractivity contribution in [2.45, 2.75) is 12.5 Å². The Labute approximate surface area is 108 Å². The summed E-state index contributed by atoms with van der Waals surface area (Å²) in [6, 6.07) is 4.51. The third-order valence-corrected chi connectivity index (χ3v) is 4.20. The normalized spacial score (nSPS) is 12.9. The molecule has 86 valence electrons. The predicted octanol–water partition coefficient (Wildman–Crippen LogP) is 2.75. The van der Waals surface area contributed by atoms with E-state index in [-0.39, 0.29) is 6.04 Å². The lowest BCUT2D eigenvalue weighted by Gasteiger charge is -2.14. The van der Waals surface area contributed by atoms with Crippen molar-refractivity contribution in [2.24, 2.45) is 7.05 Å². The summed E-state index contributed by atoms with van der Waals surface area (Å²) < 4.78 is 3.24. The van der Waals surface area contributed by atoms with Crippen molar-refractivity contribution in [3.63, 3.8) is 0 Å². The molecule has 1 atom stereocenters. The number of halogens is 1. The van der Waals surface area contributed by atoms with Crippen LogP contribution in [0.1, 0.15) is 16.7 Å². The monoisotopic (exact) mass is 299 g/mol. The quantitative estimate of drug-likeness (QED) is 0.941. The zero-order chi connectivity index (χ0) is 11.5. The molecule has 0 aliphatic carbocycles. The molecular weight excluding hydrogens is 286 g/mol. The highest BCUT2D eigenvalue weighted by Gasteiger charge is 2.15. The second kappa shape index (κ2) is 5.12. The number of hydrogen-bond donors (Lipinski definition) is 1. The van der Waals surface area contributed by atoms with E-state index in [4.69, 9.17) is 0 Å². The highest BCUT2D eigenvalue weighted by atomic mass is 79.9. The van der Waals surface area contributed by atoms with Crippen LogP contribution >= 0.6 is 27.3 Å². The Kier molecular flexibility index (Phi) is 3.78. The van der Waals surface area contributed by atoms with Gasteiger partial charge in [0, 0.05) is 30.7 Å². The summed E-state index contributed by atoms with van der Waals surface area (Å²) in [4.78, 5) is 5.74. The maximum atomic E-state index is 4.38. The van der Waals surface area contributed by atoms with Gasteiger partial charge in [-0.05, 0) is 35.1 Å². The Hall–Kier alpha value is -0.650. The maximum absolute atomic E-state index is 4.38. The minimum Gasteiger partial charge on any atom is -0.337 e. The van der Waals surface area contributed by atoms with E-state index in [2.05, 4.69) is 42.9 Å². The lowest BCUT2D eigenvalue weighted by molar-refractivity contribution is 0.541. The molecule has 0 saturated carbocycles. The van der Waals surface area contributed by atoms with Crippen molar-refractivity contribution in [2.75, 3.05) is 7.05 Å². The van der Waals surface area contributed by atoms with Gasteiger partial charge in [-0.1, -0.05) is 0 Å². The van der Waals surface area contributed by atoms with Crippen molar-refractivity contribution in [1.29, 1.82) is 0 Å². The molecule has 0 bridgehead atoms. The van der Waals surface area contributed by atoms with E-state index in [9.17, 15) is 0 Å². The van der Waals surface area contributed by atoms with Gasteiger partial charge in [-0.3, -0.25) is 0 Å². The minimum atomic E-state index is 0.269. The number of imidazole rings is 1. The smallest absolute Gasteiger partial charge is 0.125 e. The Bertz CT molecular complexity index is 463. The van der Waals surface area contributed by atoms with Crippen molar-refractivity contribution in [3.05, 3.63) is 39.0 Å². The van der Waals surface area contributed by atoms with Gasteiger partial charge in [0.25, 0.3) is 0 Å². The molecule has 5 heteroatoms. The molecule has 2 rings (SSSR count). The fraction of sp³-hybridized carbons (Fsp3) is 0.364. The van der Waals surface area contributed by atoms with Crippen LogP contribution in [0.25, 0.3) is 0 Å². The summed E-state index contributed by atoms with van der Waals surface area (Å²) >= 11 is 5.26. The van der Waals surface area contributed by atoms with Gasteiger partial charge in [0.05, 0.1) is 9.83 Å². The van der Waals surface area contributed by atoms with Crippen molar-refractivity contribution in [1.82, 2.24) is 14.9 Å². The Morgan fingerprint density at radius 3 is 2.88 bits per heavy atom. The van der Waals surface area contributed by atoms with Crippen LogP contribution in [0.3, 0.4) is 0 Å². The van der Waals surface area contributed by atoms with Crippen molar-refractivity contribution < 1.29 is 0 Å². The van der Waals surface area contributed by atoms with Crippen molar-refractivity contribution >= 4 is 27.3 Å². The highest BCUT2D eigenvalue weighted by Crippen LogP contribution is 2.26. The first-order valence-electron chi connectivity index (χ1n) is 5.09. The summed E-state index contributed by atoms with van der Waals surface area (Å²) in [7, 11) is 4.00. The second-order valence-electron chi connectivity index (χ2n) is 3.65. The standard InChI is InChI=1S/C11H14BrN3S/c1-13-9(11-14-5-6-15(11)2)7-8-3-4-10(12)16-8/h3-6,9,13H,7H2,1-2H3. The van der Waals surface area contributed by atoms with Crippen LogP contribution in [-0.4, -0.2) is 16.6 Å². The number of nitrogens with zero attached hydrogens (tertiary/aromatic N) is 2. The van der Waals surface area contributed by atoms with E-state index < -0.39 is 0 Å². The topological polar surface area (TPSA) is 29.9 Å². The summed E-state index contributed by atoms with van der Waals surface area (Å²) in [5.41, 5.74) is 0. The number of thiophene rings is 1. The third kappa shape index (κ3) is 2.53. The first-order chi connectivity index (χ1) is 7.70. The largest absolute Gasteiger partial charge is 0.337 e. The van der Waals surface area contributed by atoms with Gasteiger partial charge in [-0.25, -0.2) is 4.98 Å². The van der Waals surface area contributed by atoms with Gasteiger partial charge in [0.2, 0.25) is 0 Å². The fourth-order valence-corrected chi connectivity index (χ4v) is 3.23. The van der Waals surface area contributed by atoms with Crippen LogP contribution in [0, 0.1) is 0 Å². The number of aryl methyl sites for hydroxylation is 1. The highest BCUT2D eigenvalue weighted by molar-refractivity contribution is 9.11. The second-order valence-corrected chi connectivity index (χ2v) is 6.20. The molecule has 2 aromatic rings. The van der Waals surface area contributed by atoms with Gasteiger partial charge in [0.15, 0.2) is 0 Å². The Morgan fingerprint density at radius 1 is 1.56 bits per heavy atom. The summed E-state index contributed by atoms with van der Waals surface area (Å²) in [6.45, 7) is 0. The zero-order valence-corrected chi connectivity index (χ0v) is 11.7. The molecule has 16 heavy (non-hydrogen) atoms. The number of rotatable bonds is 4. The molecule has 0 aliphatic rings. The molecule has 1 unspecified atom stereocenters. The van der Waals surface area contributed by atoms with Crippen LogP contribution in [0.5, 0.6) is 0 Å². The van der Waals surface area contributed by atoms with E-state index in [1.54, 1.807) is 11.3 Å². The molecule has 0 aliphatic heterocycles. The number of likely N-dealkylation sites (N-methyl/N-ethyl adjacent to an activating group) is 1. The van der Waals surface area contributed by atoms with Gasteiger partial charge >= 0.3 is 0 Å². The van der Waals surface area contributed by atoms with Crippen LogP contribution < -0.4 is 5.32 Å². The van der Waals surface area contributed by atoms with Crippen LogP contribution in [-0.2, 0) is 13.5 Å². The molecule has 0 amide bonds. The SMILES string of the molecule is CNC(Cc1ccc(Br)s1)c1nccn1C. The van der Waals surface area contributed by atoms with Gasteiger partial charge in [0.1, 0.15) is 5.82 Å². The van der Waals surface area contributed by atoms with Crippen LogP contribution in [0.4, 0.5) is 0 Å². The third-order valence-electron chi connectivity index (χ3n) is 2.55. The van der Waals surface area contributed by atoms with E-state index in [0.29, 0.717) is 0 Å². The zero-order valence-electron chi connectivity index (χ0n) is 9.27. The molecule has 0 fully saturated rings. The average molecular weight is 300 g/mol. The maximum Gasteiger partial charge on any atom is 0.125 e. The van der Waals surface area contributed by atoms with Crippen molar-refractivity contribution in [3.8, 4) is 0 Å². The molecule has 0 radical (unpaired) electrons. The average Bonchev–Trinajstić information content (AvgIpc) is 2.84. The summed E-state index contributed by atoms with van der Waals surface area (Å²) in [5.74, 6) is 1.08. The van der Waals surface area contributed by atoms with E-state index in [1.165, 1.54) is 8.66 Å². The lowest BCUT2D eigenvalue weighted by Crippen LogP contribution is -2.21. The Morgan fingerprint density at radius 2 is 2.38 bits per heavy atom. The summed E-state index contributed by atoms with van der Waals surface area (Å²) in [6.07, 6.45) is 4.78. The molecule has 2 heterocycles. The number of hydrogen-bond acceptors (Lipinski definition) is 3. The first kappa shape index (κ1) is 11.8. The van der Waals surface area contributed by atoms with Gasteiger partial charge < -0.3 is 9.88 Å². The molecule has 0 saturated heterocycles. The summed E-state index contributed by atoms with van der Waals surface area (Å²) in [5, 5.41) is 3.31. The lowest BCUT2D eigenvalue weighted by atomic mass is 10.1. The number of nitrogens with one attached hydrogen (secondary N) is 1. The van der Waals surface area contributed by atoms with Gasteiger partial charge in [-0.15, -0.1) is 11.3 Å². The Balaban J connectivity index is 2.15. The predicted molar refractivity (Wildman–Crippen MR) is 70.7 cm³/mol. The number of aromatic nitrogens is 2. The van der Waals surface area contributed by atoms with Gasteiger partial charge in [-0.2, -0.15) is 0 Å². The molecule has 2 aromatic heterocycles. The van der Waals surface area contributed by atoms with Crippen LogP contribution in [0.2, 0.25) is 0 Å². The first-order valence-corrected chi connectivity index (χ1v) is 6.70. The minimum absolute atomic E-state index is 0.269. The molecule has 3 nitrogen and oxygen atoms in total. The van der Waals surface area contributed by atoms with E-state index in [1.807, 2.05) is 26.5 Å². The molecule has 1 N–H and O–H groups in total. The molecular formula is C11H14BrN3S. The molecule has 0 aromatic carbocycles.